The molecule has 0 radical (unpaired) electrons. The minimum Gasteiger partial charge on any atom is -0.447 e. The quantitative estimate of drug-likeness (QED) is 0.288. The topological polar surface area (TPSA) is 184 Å². The number of hydrogen-bond donors (Lipinski definition) is 3. The van der Waals surface area contributed by atoms with Crippen LogP contribution in [0.3, 0.4) is 0 Å². The molecule has 0 aliphatic rings. The monoisotopic (exact) mass is 570 g/mol. The van der Waals surface area contributed by atoms with E-state index in [0.717, 1.165) is 28.7 Å². The maximum Gasteiger partial charge on any atom is 0.411 e. The molecule has 0 fully saturated rings. The normalized spacial score (nSPS) is 12.7. The lowest BCUT2D eigenvalue weighted by atomic mass is 10.1. The summed E-state index contributed by atoms with van der Waals surface area (Å²) in [5, 5.41) is 8.31. The molecular weight excluding hydrogens is 544 g/mol. The van der Waals surface area contributed by atoms with Gasteiger partial charge in [0.05, 0.1) is 22.6 Å². The summed E-state index contributed by atoms with van der Waals surface area (Å²) in [5.41, 5.74) is 2.68. The van der Waals surface area contributed by atoms with Crippen LogP contribution >= 0.6 is 11.3 Å². The molecule has 37 heavy (non-hydrogen) atoms. The van der Waals surface area contributed by atoms with Gasteiger partial charge in [-0.25, -0.2) is 31.8 Å². The molecule has 0 saturated carbocycles. The molecule has 1 aromatic heterocycles. The van der Waals surface area contributed by atoms with Crippen molar-refractivity contribution in [3.8, 4) is 11.1 Å². The summed E-state index contributed by atoms with van der Waals surface area (Å²) in [6.07, 6.45) is 0.315. The summed E-state index contributed by atoms with van der Waals surface area (Å²) in [5.74, 6) is -1.41. The fraction of sp³-hybridized carbons (Fsp3) is 0.318. The second-order valence-corrected chi connectivity index (χ2v) is 12.9. The van der Waals surface area contributed by atoms with Gasteiger partial charge in [-0.05, 0) is 35.4 Å². The van der Waals surface area contributed by atoms with Crippen molar-refractivity contribution in [1.29, 1.82) is 0 Å². The highest BCUT2D eigenvalue weighted by atomic mass is 32.2. The van der Waals surface area contributed by atoms with Crippen LogP contribution in [-0.2, 0) is 34.1 Å². The van der Waals surface area contributed by atoms with Crippen LogP contribution in [0.1, 0.15) is 10.3 Å². The van der Waals surface area contributed by atoms with Crippen molar-refractivity contribution >= 4 is 59.1 Å². The first-order valence-electron chi connectivity index (χ1n) is 10.8. The molecule has 2 aromatic carbocycles. The number of fused-ring (bicyclic) bond motifs is 1. The van der Waals surface area contributed by atoms with Gasteiger partial charge in [-0.15, -0.1) is 11.3 Å². The number of sulfonamides is 1. The van der Waals surface area contributed by atoms with Gasteiger partial charge in [0.25, 0.3) is 0 Å². The van der Waals surface area contributed by atoms with Crippen molar-refractivity contribution in [2.75, 3.05) is 44.2 Å². The Hall–Kier alpha value is -3.11. The van der Waals surface area contributed by atoms with Crippen LogP contribution in [0.4, 0.5) is 10.5 Å². The summed E-state index contributed by atoms with van der Waals surface area (Å²) in [6.45, 7) is 0.103. The van der Waals surface area contributed by atoms with Crippen LogP contribution in [-0.4, -0.2) is 72.7 Å². The Kier molecular flexibility index (Phi) is 9.20. The first-order chi connectivity index (χ1) is 17.4. The lowest BCUT2D eigenvalue weighted by Crippen LogP contribution is -2.37. The van der Waals surface area contributed by atoms with E-state index in [9.17, 15) is 26.4 Å². The fourth-order valence-electron chi connectivity index (χ4n) is 3.25. The van der Waals surface area contributed by atoms with Crippen LogP contribution in [0.2, 0.25) is 0 Å². The lowest BCUT2D eigenvalue weighted by Gasteiger charge is -2.12. The second-order valence-electron chi connectivity index (χ2n) is 7.93. The molecular formula is C22H26N4O8S3. The summed E-state index contributed by atoms with van der Waals surface area (Å²) in [7, 11) is -6.23. The summed E-state index contributed by atoms with van der Waals surface area (Å²) < 4.78 is 57.4. The highest BCUT2D eigenvalue weighted by molar-refractivity contribution is 7.91. The number of rotatable bonds is 11. The number of nitrogens with zero attached hydrogens (tertiary/aromatic N) is 1. The number of benzene rings is 2. The van der Waals surface area contributed by atoms with E-state index in [2.05, 4.69) is 15.6 Å². The van der Waals surface area contributed by atoms with Crippen LogP contribution in [0, 0.1) is 0 Å². The largest absolute Gasteiger partial charge is 0.447 e. The number of aromatic nitrogens is 1. The average Bonchev–Trinajstić information content (AvgIpc) is 3.20. The number of amides is 2. The van der Waals surface area contributed by atoms with Gasteiger partial charge in [0.15, 0.2) is 15.1 Å². The Labute approximate surface area is 218 Å². The minimum atomic E-state index is -3.91. The van der Waals surface area contributed by atoms with Crippen molar-refractivity contribution < 1.29 is 35.9 Å². The molecule has 0 spiro atoms. The van der Waals surface area contributed by atoms with Gasteiger partial charge < -0.3 is 14.8 Å². The molecule has 1 unspecified atom stereocenters. The number of carbonyl (C=O) groups is 2. The molecule has 0 aliphatic heterocycles. The molecule has 0 bridgehead atoms. The molecule has 3 aromatic rings. The summed E-state index contributed by atoms with van der Waals surface area (Å²) in [4.78, 5) is 28.7. The van der Waals surface area contributed by atoms with E-state index in [1.165, 1.54) is 7.11 Å². The zero-order valence-electron chi connectivity index (χ0n) is 20.0. The molecule has 15 heteroatoms. The molecule has 4 N–H and O–H groups in total. The summed E-state index contributed by atoms with van der Waals surface area (Å²) in [6, 6.07) is 12.3. The molecule has 1 atom stereocenters. The van der Waals surface area contributed by atoms with Gasteiger partial charge in [-0.3, -0.25) is 10.1 Å². The van der Waals surface area contributed by atoms with Crippen molar-refractivity contribution in [1.82, 2.24) is 10.3 Å². The van der Waals surface area contributed by atoms with E-state index in [0.29, 0.717) is 22.5 Å². The maximum absolute atomic E-state index is 12.6. The van der Waals surface area contributed by atoms with Crippen molar-refractivity contribution in [2.45, 2.75) is 5.25 Å². The number of carbonyl (C=O) groups excluding carboxylic acids is 2. The fourth-order valence-corrected chi connectivity index (χ4v) is 6.18. The van der Waals surface area contributed by atoms with Crippen molar-refractivity contribution in [3.63, 3.8) is 0 Å². The third kappa shape index (κ3) is 8.19. The highest BCUT2D eigenvalue weighted by Gasteiger charge is 2.34. The first kappa shape index (κ1) is 28.5. The molecule has 1 heterocycles. The second kappa shape index (κ2) is 12.0. The van der Waals surface area contributed by atoms with Crippen LogP contribution in [0.15, 0.2) is 42.5 Å². The van der Waals surface area contributed by atoms with E-state index in [1.54, 1.807) is 36.4 Å². The molecule has 2 amide bonds. The van der Waals surface area contributed by atoms with E-state index in [4.69, 9.17) is 14.6 Å². The van der Waals surface area contributed by atoms with Crippen molar-refractivity contribution in [3.05, 3.63) is 47.5 Å². The maximum atomic E-state index is 12.6. The third-order valence-corrected chi connectivity index (χ3v) is 8.27. The number of methoxy groups -OCH3 is 1. The van der Waals surface area contributed by atoms with Crippen LogP contribution in [0.5, 0.6) is 0 Å². The Bertz CT molecular complexity index is 1490. The molecule has 3 rings (SSSR count). The van der Waals surface area contributed by atoms with Gasteiger partial charge in [-0.1, -0.05) is 18.2 Å². The van der Waals surface area contributed by atoms with Crippen molar-refractivity contribution in [2.24, 2.45) is 5.14 Å². The minimum absolute atomic E-state index is 0.0642. The number of primary sulfonamides is 1. The number of ether oxygens (including phenoxy) is 2. The van der Waals surface area contributed by atoms with Gasteiger partial charge in [0.2, 0.25) is 15.9 Å². The highest BCUT2D eigenvalue weighted by Crippen LogP contribution is 2.33. The Morgan fingerprint density at radius 2 is 1.73 bits per heavy atom. The number of nitrogens with two attached hydrogens (primary N) is 1. The molecule has 0 aliphatic carbocycles. The molecule has 12 nitrogen and oxygen atoms in total. The molecule has 0 saturated heterocycles. The SMILES string of the molecule is COCCOC(=O)Nc1ccc(-c2ccc3nc(C(C(=O)NCCS(N)(=O)=O)S(C)(=O)=O)sc3c2)cc1. The summed E-state index contributed by atoms with van der Waals surface area (Å²) >= 11 is 1.05. The van der Waals surface area contributed by atoms with Crippen LogP contribution in [0.25, 0.3) is 21.3 Å². The van der Waals surface area contributed by atoms with Gasteiger partial charge in [0, 0.05) is 25.6 Å². The number of hydrogen-bond acceptors (Lipinski definition) is 10. The molecule has 200 valence electrons. The van der Waals surface area contributed by atoms with E-state index in [1.807, 2.05) is 6.07 Å². The predicted octanol–water partition coefficient (Wildman–Crippen LogP) is 1.65. The van der Waals surface area contributed by atoms with E-state index in [-0.39, 0.29) is 18.2 Å². The first-order valence-corrected chi connectivity index (χ1v) is 15.3. The standard InChI is InChI=1S/C22H26N4O8S3/c1-33-10-11-34-22(28)25-16-6-3-14(4-7-16)15-5-8-17-18(13-15)35-21(26-17)19(36(2,29)30)20(27)24-9-12-37(23,31)32/h3-8,13,19H,9-12H2,1-2H3,(H,24,27)(H,25,28)(H2,23,31,32). The van der Waals surface area contributed by atoms with Gasteiger partial charge >= 0.3 is 6.09 Å². The van der Waals surface area contributed by atoms with E-state index >= 15 is 0 Å². The Morgan fingerprint density at radius 3 is 2.35 bits per heavy atom. The lowest BCUT2D eigenvalue weighted by molar-refractivity contribution is -0.120. The third-order valence-electron chi connectivity index (χ3n) is 4.97. The average molecular weight is 571 g/mol. The Morgan fingerprint density at radius 1 is 1.05 bits per heavy atom. The number of nitrogens with one attached hydrogen (secondary N) is 2. The zero-order chi connectivity index (χ0) is 27.2. The van der Waals surface area contributed by atoms with Gasteiger partial charge in [-0.2, -0.15) is 0 Å². The van der Waals surface area contributed by atoms with Gasteiger partial charge in [0.1, 0.15) is 11.6 Å². The number of anilines is 1. The van der Waals surface area contributed by atoms with E-state index < -0.39 is 42.9 Å². The predicted molar refractivity (Wildman–Crippen MR) is 140 cm³/mol. The smallest absolute Gasteiger partial charge is 0.411 e. The number of sulfone groups is 1. The van der Waals surface area contributed by atoms with Crippen LogP contribution < -0.4 is 15.8 Å². The zero-order valence-corrected chi connectivity index (χ0v) is 22.4. The number of thiazole rings is 1. The Balaban J connectivity index is 1.78.